The normalized spacial score (nSPS) is 17.7. The van der Waals surface area contributed by atoms with Gasteiger partial charge in [0, 0.05) is 42.7 Å². The molecule has 1 unspecified atom stereocenters. The molecule has 0 aromatic heterocycles. The zero-order valence-electron chi connectivity index (χ0n) is 17.8. The van der Waals surface area contributed by atoms with Crippen LogP contribution in [0.3, 0.4) is 0 Å². The standard InChI is InChI=1S/C22H28N4O6/c27-18-10-9-17(21(31)25-18)26-13-15-14(22(26)32)6-5-7-16(15)24-12-19(28)23-11-4-2-1-3-8-20(29)30/h5-7,17,24H,1-4,8-13H2,(H,23,28)(H,29,30)(H,25,27,31). The van der Waals surface area contributed by atoms with Crippen molar-refractivity contribution in [2.45, 2.75) is 57.5 Å². The van der Waals surface area contributed by atoms with Gasteiger partial charge in [-0.2, -0.15) is 0 Å². The van der Waals surface area contributed by atoms with Crippen molar-refractivity contribution in [1.29, 1.82) is 0 Å². The number of carboxylic acid groups (broad SMARTS) is 1. The molecule has 1 aromatic carbocycles. The summed E-state index contributed by atoms with van der Waals surface area (Å²) in [6.45, 7) is 0.798. The first-order valence-electron chi connectivity index (χ1n) is 10.9. The number of hydrogen-bond donors (Lipinski definition) is 4. The molecule has 2 aliphatic heterocycles. The largest absolute Gasteiger partial charge is 0.481 e. The first kappa shape index (κ1) is 23.2. The molecular weight excluding hydrogens is 416 g/mol. The molecule has 0 radical (unpaired) electrons. The van der Waals surface area contributed by atoms with E-state index in [2.05, 4.69) is 16.0 Å². The van der Waals surface area contributed by atoms with Gasteiger partial charge in [0.25, 0.3) is 5.91 Å². The fraction of sp³-hybridized carbons (Fsp3) is 0.500. The number of nitrogens with one attached hydrogen (secondary N) is 3. The van der Waals surface area contributed by atoms with Crippen LogP contribution in [0.25, 0.3) is 0 Å². The number of unbranched alkanes of at least 4 members (excludes halogenated alkanes) is 3. The number of imide groups is 1. The first-order valence-corrected chi connectivity index (χ1v) is 10.9. The average Bonchev–Trinajstić information content (AvgIpc) is 3.08. The average molecular weight is 444 g/mol. The van der Waals surface area contributed by atoms with Gasteiger partial charge in [-0.25, -0.2) is 0 Å². The van der Waals surface area contributed by atoms with Crippen molar-refractivity contribution in [3.8, 4) is 0 Å². The first-order chi connectivity index (χ1) is 15.4. The molecule has 10 heteroatoms. The monoisotopic (exact) mass is 444 g/mol. The van der Waals surface area contributed by atoms with Crippen molar-refractivity contribution in [2.24, 2.45) is 0 Å². The van der Waals surface area contributed by atoms with E-state index in [1.807, 2.05) is 0 Å². The lowest BCUT2D eigenvalue weighted by atomic mass is 10.0. The van der Waals surface area contributed by atoms with E-state index in [0.717, 1.165) is 24.8 Å². The Kier molecular flexibility index (Phi) is 7.80. The van der Waals surface area contributed by atoms with Crippen LogP contribution in [0.4, 0.5) is 5.69 Å². The minimum atomic E-state index is -0.793. The molecule has 4 amide bonds. The highest BCUT2D eigenvalue weighted by Gasteiger charge is 2.39. The van der Waals surface area contributed by atoms with Gasteiger partial charge in [-0.05, 0) is 31.4 Å². The van der Waals surface area contributed by atoms with Gasteiger partial charge in [0.05, 0.1) is 6.54 Å². The lowest BCUT2D eigenvalue weighted by molar-refractivity contribution is -0.138. The van der Waals surface area contributed by atoms with Crippen molar-refractivity contribution in [1.82, 2.24) is 15.5 Å². The minimum Gasteiger partial charge on any atom is -0.481 e. The Morgan fingerprint density at radius 2 is 1.91 bits per heavy atom. The second kappa shape index (κ2) is 10.7. The van der Waals surface area contributed by atoms with Gasteiger partial charge in [-0.3, -0.25) is 29.3 Å². The van der Waals surface area contributed by atoms with Crippen LogP contribution >= 0.6 is 0 Å². The van der Waals surface area contributed by atoms with Gasteiger partial charge in [0.1, 0.15) is 6.04 Å². The molecule has 10 nitrogen and oxygen atoms in total. The van der Waals surface area contributed by atoms with E-state index in [1.54, 1.807) is 18.2 Å². The van der Waals surface area contributed by atoms with Gasteiger partial charge in [0.2, 0.25) is 17.7 Å². The van der Waals surface area contributed by atoms with Crippen LogP contribution in [0.5, 0.6) is 0 Å². The maximum absolute atomic E-state index is 12.8. The quantitative estimate of drug-likeness (QED) is 0.294. The summed E-state index contributed by atoms with van der Waals surface area (Å²) in [7, 11) is 0. The number of rotatable bonds is 11. The molecule has 1 aromatic rings. The molecular formula is C22H28N4O6. The number of amides is 4. The molecule has 3 rings (SSSR count). The SMILES string of the molecule is O=C(O)CCCCCCNC(=O)CNc1cccc2c1CN(C1CCC(=O)NC1=O)C2=O. The summed E-state index contributed by atoms with van der Waals surface area (Å²) in [6.07, 6.45) is 3.74. The Morgan fingerprint density at radius 1 is 1.12 bits per heavy atom. The van der Waals surface area contributed by atoms with Gasteiger partial charge in [0.15, 0.2) is 0 Å². The van der Waals surface area contributed by atoms with Crippen molar-refractivity contribution < 1.29 is 29.1 Å². The van der Waals surface area contributed by atoms with Gasteiger partial charge >= 0.3 is 5.97 Å². The van der Waals surface area contributed by atoms with Gasteiger partial charge in [-0.1, -0.05) is 18.9 Å². The van der Waals surface area contributed by atoms with Crippen molar-refractivity contribution in [2.75, 3.05) is 18.4 Å². The number of carboxylic acids is 1. The van der Waals surface area contributed by atoms with Crippen LogP contribution < -0.4 is 16.0 Å². The molecule has 0 aliphatic carbocycles. The van der Waals surface area contributed by atoms with E-state index >= 15 is 0 Å². The number of carbonyl (C=O) groups is 5. The van der Waals surface area contributed by atoms with E-state index in [9.17, 15) is 24.0 Å². The molecule has 1 saturated heterocycles. The number of piperidine rings is 1. The predicted molar refractivity (Wildman–Crippen MR) is 115 cm³/mol. The molecule has 0 saturated carbocycles. The van der Waals surface area contributed by atoms with E-state index < -0.39 is 17.9 Å². The van der Waals surface area contributed by atoms with Crippen molar-refractivity contribution in [3.05, 3.63) is 29.3 Å². The zero-order valence-corrected chi connectivity index (χ0v) is 17.8. The number of carbonyl (C=O) groups excluding carboxylic acids is 4. The number of fused-ring (bicyclic) bond motifs is 1. The van der Waals surface area contributed by atoms with Gasteiger partial charge in [-0.15, -0.1) is 0 Å². The maximum atomic E-state index is 12.8. The second-order valence-corrected chi connectivity index (χ2v) is 7.99. The highest BCUT2D eigenvalue weighted by molar-refractivity contribution is 6.06. The Labute approximate surface area is 185 Å². The Hall–Kier alpha value is -3.43. The van der Waals surface area contributed by atoms with E-state index in [1.165, 1.54) is 4.90 Å². The third-order valence-corrected chi connectivity index (χ3v) is 5.66. The fourth-order valence-corrected chi connectivity index (χ4v) is 3.97. The van der Waals surface area contributed by atoms with E-state index in [4.69, 9.17) is 5.11 Å². The fourth-order valence-electron chi connectivity index (χ4n) is 3.97. The topological polar surface area (TPSA) is 145 Å². The third kappa shape index (κ3) is 5.83. The van der Waals surface area contributed by atoms with Crippen LogP contribution in [-0.4, -0.2) is 58.7 Å². The van der Waals surface area contributed by atoms with Crippen molar-refractivity contribution in [3.63, 3.8) is 0 Å². The Bertz CT molecular complexity index is 916. The molecule has 172 valence electrons. The molecule has 0 spiro atoms. The Balaban J connectivity index is 1.47. The van der Waals surface area contributed by atoms with Crippen LogP contribution in [-0.2, 0) is 25.7 Å². The molecule has 2 aliphatic rings. The van der Waals surface area contributed by atoms with E-state index in [-0.39, 0.29) is 43.7 Å². The highest BCUT2D eigenvalue weighted by atomic mass is 16.4. The summed E-state index contributed by atoms with van der Waals surface area (Å²) in [5.41, 5.74) is 1.88. The van der Waals surface area contributed by atoms with Crippen LogP contribution in [0.15, 0.2) is 18.2 Å². The molecule has 1 atom stereocenters. The Morgan fingerprint density at radius 3 is 2.66 bits per heavy atom. The summed E-state index contributed by atoms with van der Waals surface area (Å²) < 4.78 is 0. The number of benzene rings is 1. The second-order valence-electron chi connectivity index (χ2n) is 7.99. The number of aliphatic carboxylic acids is 1. The van der Waals surface area contributed by atoms with Gasteiger partial charge < -0.3 is 20.6 Å². The number of anilines is 1. The number of nitrogens with zero attached hydrogens (tertiary/aromatic N) is 1. The minimum absolute atomic E-state index is 0.0437. The molecule has 0 bridgehead atoms. The predicted octanol–water partition coefficient (Wildman–Crippen LogP) is 1.01. The van der Waals surface area contributed by atoms with Crippen LogP contribution in [0, 0.1) is 0 Å². The number of hydrogen-bond acceptors (Lipinski definition) is 6. The third-order valence-electron chi connectivity index (χ3n) is 5.66. The van der Waals surface area contributed by atoms with Crippen LogP contribution in [0.1, 0.15) is 60.9 Å². The molecule has 4 N–H and O–H groups in total. The lowest BCUT2D eigenvalue weighted by Crippen LogP contribution is -2.52. The lowest BCUT2D eigenvalue weighted by Gasteiger charge is -2.29. The summed E-state index contributed by atoms with van der Waals surface area (Å²) in [6, 6.07) is 4.52. The summed E-state index contributed by atoms with van der Waals surface area (Å²) in [4.78, 5) is 60.5. The maximum Gasteiger partial charge on any atom is 0.303 e. The smallest absolute Gasteiger partial charge is 0.303 e. The molecule has 1 fully saturated rings. The van der Waals surface area contributed by atoms with Crippen LogP contribution in [0.2, 0.25) is 0 Å². The highest BCUT2D eigenvalue weighted by Crippen LogP contribution is 2.32. The summed E-state index contributed by atoms with van der Waals surface area (Å²) in [5.74, 6) is -2.02. The molecule has 2 heterocycles. The molecule has 32 heavy (non-hydrogen) atoms. The van der Waals surface area contributed by atoms with Crippen molar-refractivity contribution >= 4 is 35.3 Å². The zero-order chi connectivity index (χ0) is 23.1. The van der Waals surface area contributed by atoms with E-state index in [0.29, 0.717) is 30.6 Å². The summed E-state index contributed by atoms with van der Waals surface area (Å²) in [5, 5.41) is 16.8. The summed E-state index contributed by atoms with van der Waals surface area (Å²) >= 11 is 0.